The lowest BCUT2D eigenvalue weighted by atomic mass is 9.95. The number of hydrogen-bond donors (Lipinski definition) is 1. The molecule has 172 valence electrons. The van der Waals surface area contributed by atoms with Crippen molar-refractivity contribution in [1.82, 2.24) is 19.8 Å². The molecular formula is C25H35N5O2. The number of amides is 1. The van der Waals surface area contributed by atoms with Crippen molar-refractivity contribution >= 4 is 11.7 Å². The van der Waals surface area contributed by atoms with Crippen molar-refractivity contribution in [2.75, 3.05) is 38.5 Å². The van der Waals surface area contributed by atoms with Crippen LogP contribution >= 0.6 is 0 Å². The first-order chi connectivity index (χ1) is 15.4. The van der Waals surface area contributed by atoms with E-state index in [1.54, 1.807) is 6.92 Å². The van der Waals surface area contributed by atoms with Crippen LogP contribution < -0.4 is 10.1 Å². The highest BCUT2D eigenvalue weighted by atomic mass is 16.5. The molecule has 1 fully saturated rings. The molecule has 1 saturated heterocycles. The van der Waals surface area contributed by atoms with E-state index in [2.05, 4.69) is 43.2 Å². The molecule has 0 bridgehead atoms. The van der Waals surface area contributed by atoms with E-state index >= 15 is 0 Å². The van der Waals surface area contributed by atoms with Gasteiger partial charge >= 0.3 is 0 Å². The number of nitrogens with one attached hydrogen (secondary N) is 1. The van der Waals surface area contributed by atoms with Crippen LogP contribution in [0, 0.1) is 6.92 Å². The Morgan fingerprint density at radius 3 is 2.59 bits per heavy atom. The lowest BCUT2D eigenvalue weighted by Gasteiger charge is -2.32. The van der Waals surface area contributed by atoms with Gasteiger partial charge in [0.05, 0.1) is 18.8 Å². The zero-order valence-corrected chi connectivity index (χ0v) is 19.7. The predicted molar refractivity (Wildman–Crippen MR) is 126 cm³/mol. The lowest BCUT2D eigenvalue weighted by Crippen LogP contribution is -2.36. The Kier molecular flexibility index (Phi) is 6.94. The largest absolute Gasteiger partial charge is 0.489 e. The number of hydrogen-bond acceptors (Lipinski definition) is 6. The summed E-state index contributed by atoms with van der Waals surface area (Å²) in [6.07, 6.45) is 2.92. The van der Waals surface area contributed by atoms with Gasteiger partial charge in [-0.25, -0.2) is 9.97 Å². The average Bonchev–Trinajstić information content (AvgIpc) is 2.79. The SMILES string of the molecule is CC(=O)N1CCc2nc(C3CCN(C)CC3)nc(NC[C@@H](C)Oc3ccc(C)cc3)c2C1. The average molecular weight is 438 g/mol. The fraction of sp³-hybridized carbons (Fsp3) is 0.560. The smallest absolute Gasteiger partial charge is 0.219 e. The summed E-state index contributed by atoms with van der Waals surface area (Å²) in [5.74, 6) is 3.16. The van der Waals surface area contributed by atoms with Crippen LogP contribution in [0.2, 0.25) is 0 Å². The Morgan fingerprint density at radius 2 is 1.91 bits per heavy atom. The Hall–Kier alpha value is -2.67. The Balaban J connectivity index is 1.52. The molecule has 1 N–H and O–H groups in total. The second-order valence-electron chi connectivity index (χ2n) is 9.25. The maximum Gasteiger partial charge on any atom is 0.219 e. The maximum atomic E-state index is 12.0. The van der Waals surface area contributed by atoms with Gasteiger partial charge in [0.25, 0.3) is 0 Å². The molecule has 2 aromatic rings. The number of anilines is 1. The molecule has 32 heavy (non-hydrogen) atoms. The van der Waals surface area contributed by atoms with Crippen LogP contribution in [0.1, 0.15) is 55.3 Å². The fourth-order valence-corrected chi connectivity index (χ4v) is 4.43. The third-order valence-electron chi connectivity index (χ3n) is 6.52. The highest BCUT2D eigenvalue weighted by molar-refractivity contribution is 5.74. The summed E-state index contributed by atoms with van der Waals surface area (Å²) in [5, 5.41) is 3.53. The van der Waals surface area contributed by atoms with Crippen LogP contribution in [0.5, 0.6) is 5.75 Å². The van der Waals surface area contributed by atoms with Gasteiger partial charge in [0, 0.05) is 31.4 Å². The van der Waals surface area contributed by atoms with Gasteiger partial charge in [-0.2, -0.15) is 0 Å². The Bertz CT molecular complexity index is 938. The van der Waals surface area contributed by atoms with E-state index in [1.165, 1.54) is 5.56 Å². The number of likely N-dealkylation sites (tertiary alicyclic amines) is 1. The zero-order chi connectivity index (χ0) is 22.7. The molecule has 7 heteroatoms. The van der Waals surface area contributed by atoms with Crippen LogP contribution in [-0.4, -0.2) is 65.0 Å². The number of piperidine rings is 1. The molecular weight excluding hydrogens is 402 g/mol. The van der Waals surface area contributed by atoms with E-state index in [1.807, 2.05) is 17.0 Å². The quantitative estimate of drug-likeness (QED) is 0.747. The highest BCUT2D eigenvalue weighted by Gasteiger charge is 2.27. The van der Waals surface area contributed by atoms with Crippen LogP contribution in [0.4, 0.5) is 5.82 Å². The molecule has 1 atom stereocenters. The molecule has 0 spiro atoms. The van der Waals surface area contributed by atoms with Crippen molar-refractivity contribution in [3.63, 3.8) is 0 Å². The number of nitrogens with zero attached hydrogens (tertiary/aromatic N) is 4. The molecule has 4 rings (SSSR count). The predicted octanol–water partition coefficient (Wildman–Crippen LogP) is 3.38. The molecule has 0 saturated carbocycles. The van der Waals surface area contributed by atoms with Gasteiger partial charge in [0.2, 0.25) is 5.91 Å². The minimum atomic E-state index is -0.0254. The van der Waals surface area contributed by atoms with E-state index in [0.717, 1.165) is 67.5 Å². The van der Waals surface area contributed by atoms with Crippen molar-refractivity contribution in [2.24, 2.45) is 0 Å². The molecule has 0 unspecified atom stereocenters. The molecule has 0 radical (unpaired) electrons. The molecule has 2 aliphatic rings. The van der Waals surface area contributed by atoms with E-state index < -0.39 is 0 Å². The third-order valence-corrected chi connectivity index (χ3v) is 6.52. The molecule has 3 heterocycles. The van der Waals surface area contributed by atoms with Crippen molar-refractivity contribution in [1.29, 1.82) is 0 Å². The number of rotatable bonds is 6. The summed E-state index contributed by atoms with van der Waals surface area (Å²) < 4.78 is 6.08. The number of carbonyl (C=O) groups excluding carboxylic acids is 1. The summed E-state index contributed by atoms with van der Waals surface area (Å²) in [4.78, 5) is 26.2. The first kappa shape index (κ1) is 22.5. The standard InChI is InChI=1S/C25H35N5O2/c1-17-5-7-21(8-6-17)32-18(2)15-26-25-22-16-30(19(3)31)14-11-23(22)27-24(28-25)20-9-12-29(4)13-10-20/h5-8,18,20H,9-16H2,1-4H3,(H,26,27,28)/t18-/m1/s1. The van der Waals surface area contributed by atoms with Crippen molar-refractivity contribution < 1.29 is 9.53 Å². The lowest BCUT2D eigenvalue weighted by molar-refractivity contribution is -0.129. The molecule has 0 aliphatic carbocycles. The van der Waals surface area contributed by atoms with Gasteiger partial charge in [-0.05, 0) is 59.0 Å². The highest BCUT2D eigenvalue weighted by Crippen LogP contribution is 2.30. The van der Waals surface area contributed by atoms with Crippen LogP contribution in [0.25, 0.3) is 0 Å². The summed E-state index contributed by atoms with van der Waals surface area (Å²) in [7, 11) is 2.17. The van der Waals surface area contributed by atoms with Gasteiger partial charge in [0.1, 0.15) is 23.5 Å². The molecule has 7 nitrogen and oxygen atoms in total. The number of aryl methyl sites for hydroxylation is 1. The summed E-state index contributed by atoms with van der Waals surface area (Å²) in [6.45, 7) is 9.82. The minimum absolute atomic E-state index is 0.0254. The Morgan fingerprint density at radius 1 is 1.19 bits per heavy atom. The monoisotopic (exact) mass is 437 g/mol. The van der Waals surface area contributed by atoms with Crippen molar-refractivity contribution in [2.45, 2.75) is 58.6 Å². The van der Waals surface area contributed by atoms with Gasteiger partial charge in [-0.1, -0.05) is 17.7 Å². The molecule has 2 aliphatic heterocycles. The number of ether oxygens (including phenoxy) is 1. The van der Waals surface area contributed by atoms with E-state index in [4.69, 9.17) is 14.7 Å². The van der Waals surface area contributed by atoms with Crippen molar-refractivity contribution in [3.8, 4) is 5.75 Å². The third kappa shape index (κ3) is 5.38. The van der Waals surface area contributed by atoms with Crippen LogP contribution in [0.15, 0.2) is 24.3 Å². The maximum absolute atomic E-state index is 12.0. The van der Waals surface area contributed by atoms with E-state index in [0.29, 0.717) is 19.0 Å². The van der Waals surface area contributed by atoms with E-state index in [-0.39, 0.29) is 12.0 Å². The number of carbonyl (C=O) groups is 1. The summed E-state index contributed by atoms with van der Waals surface area (Å²) in [6, 6.07) is 8.11. The topological polar surface area (TPSA) is 70.6 Å². The first-order valence-electron chi connectivity index (χ1n) is 11.7. The number of aromatic nitrogens is 2. The molecule has 1 aromatic heterocycles. The molecule has 1 amide bonds. The number of fused-ring (bicyclic) bond motifs is 1. The zero-order valence-electron chi connectivity index (χ0n) is 19.7. The van der Waals surface area contributed by atoms with Crippen LogP contribution in [-0.2, 0) is 17.8 Å². The first-order valence-corrected chi connectivity index (χ1v) is 11.7. The van der Waals surface area contributed by atoms with Gasteiger partial charge in [-0.3, -0.25) is 4.79 Å². The second kappa shape index (κ2) is 9.86. The number of benzene rings is 1. The summed E-state index contributed by atoms with van der Waals surface area (Å²) in [5.41, 5.74) is 3.35. The fourth-order valence-electron chi connectivity index (χ4n) is 4.43. The minimum Gasteiger partial charge on any atom is -0.489 e. The van der Waals surface area contributed by atoms with Gasteiger partial charge < -0.3 is 19.9 Å². The summed E-state index contributed by atoms with van der Waals surface area (Å²) >= 11 is 0. The normalized spacial score (nSPS) is 18.2. The van der Waals surface area contributed by atoms with Gasteiger partial charge in [-0.15, -0.1) is 0 Å². The van der Waals surface area contributed by atoms with E-state index in [9.17, 15) is 4.79 Å². The Labute approximate surface area is 191 Å². The van der Waals surface area contributed by atoms with Crippen molar-refractivity contribution in [3.05, 3.63) is 46.9 Å². The second-order valence-corrected chi connectivity index (χ2v) is 9.25. The molecule has 1 aromatic carbocycles. The van der Waals surface area contributed by atoms with Crippen LogP contribution in [0.3, 0.4) is 0 Å². The van der Waals surface area contributed by atoms with Gasteiger partial charge in [0.15, 0.2) is 0 Å².